The highest BCUT2D eigenvalue weighted by molar-refractivity contribution is 5.71. The van der Waals surface area contributed by atoms with Crippen molar-refractivity contribution in [2.24, 2.45) is 0 Å². The van der Waals surface area contributed by atoms with Crippen LogP contribution in [0.2, 0.25) is 0 Å². The van der Waals surface area contributed by atoms with Crippen LogP contribution in [-0.2, 0) is 28.6 Å². The second-order valence-electron chi connectivity index (χ2n) is 26.3. The van der Waals surface area contributed by atoms with Gasteiger partial charge in [-0.3, -0.25) is 14.4 Å². The van der Waals surface area contributed by atoms with E-state index in [1.54, 1.807) is 0 Å². The quantitative estimate of drug-likeness (QED) is 0.0261. The molecule has 0 aliphatic rings. The zero-order valence-electron chi connectivity index (χ0n) is 56.8. The first-order valence-electron chi connectivity index (χ1n) is 38.2. The molecule has 83 heavy (non-hydrogen) atoms. The SMILES string of the molecule is CCCCCCCCCC/C=C\CCCCCCCCCCCCCCCCCC(=O)OCC(COC(=O)CCCCCCCCCCCCCCC)OC(=O)CCCCCCCCCCCCCCCCCCCCCCCCCCC. The Labute approximate surface area is 520 Å². The molecule has 1 unspecified atom stereocenters. The van der Waals surface area contributed by atoms with Crippen LogP contribution >= 0.6 is 0 Å². The lowest BCUT2D eigenvalue weighted by atomic mass is 10.0. The maximum Gasteiger partial charge on any atom is 0.306 e. The fraction of sp³-hybridized carbons (Fsp3) is 0.935. The Hall–Kier alpha value is -1.85. The number of carbonyl (C=O) groups is 3. The van der Waals surface area contributed by atoms with Gasteiger partial charge in [0.1, 0.15) is 13.2 Å². The third-order valence-corrected chi connectivity index (χ3v) is 17.8. The van der Waals surface area contributed by atoms with Gasteiger partial charge >= 0.3 is 17.9 Å². The Bertz CT molecular complexity index is 1300. The zero-order chi connectivity index (χ0) is 59.9. The third-order valence-electron chi connectivity index (χ3n) is 17.8. The van der Waals surface area contributed by atoms with E-state index in [0.717, 1.165) is 57.8 Å². The summed E-state index contributed by atoms with van der Waals surface area (Å²) in [6, 6.07) is 0. The van der Waals surface area contributed by atoms with Crippen molar-refractivity contribution in [2.75, 3.05) is 13.2 Å². The Morgan fingerprint density at radius 1 is 0.229 bits per heavy atom. The lowest BCUT2D eigenvalue weighted by Gasteiger charge is -2.18. The van der Waals surface area contributed by atoms with Gasteiger partial charge in [0.05, 0.1) is 0 Å². The van der Waals surface area contributed by atoms with E-state index in [1.807, 2.05) is 0 Å². The molecular formula is C77H148O6. The summed E-state index contributed by atoms with van der Waals surface area (Å²) in [6.07, 6.45) is 88.4. The predicted molar refractivity (Wildman–Crippen MR) is 363 cm³/mol. The number of rotatable bonds is 72. The van der Waals surface area contributed by atoms with Gasteiger partial charge in [-0.15, -0.1) is 0 Å². The zero-order valence-corrected chi connectivity index (χ0v) is 56.8. The second-order valence-corrected chi connectivity index (χ2v) is 26.3. The normalized spacial score (nSPS) is 12.0. The van der Waals surface area contributed by atoms with E-state index in [1.165, 1.54) is 347 Å². The molecule has 0 heterocycles. The molecule has 0 N–H and O–H groups in total. The lowest BCUT2D eigenvalue weighted by Crippen LogP contribution is -2.30. The van der Waals surface area contributed by atoms with Crippen LogP contribution in [0.25, 0.3) is 0 Å². The summed E-state index contributed by atoms with van der Waals surface area (Å²) in [5.41, 5.74) is 0. The molecule has 0 aromatic heterocycles. The molecule has 0 bridgehead atoms. The largest absolute Gasteiger partial charge is 0.462 e. The van der Waals surface area contributed by atoms with Gasteiger partial charge in [-0.1, -0.05) is 392 Å². The van der Waals surface area contributed by atoms with Crippen molar-refractivity contribution in [1.82, 2.24) is 0 Å². The van der Waals surface area contributed by atoms with Crippen molar-refractivity contribution in [3.63, 3.8) is 0 Å². The van der Waals surface area contributed by atoms with Gasteiger partial charge in [0.25, 0.3) is 0 Å². The highest BCUT2D eigenvalue weighted by Crippen LogP contribution is 2.20. The minimum atomic E-state index is -0.766. The molecular weight excluding hydrogens is 1020 g/mol. The molecule has 0 fully saturated rings. The van der Waals surface area contributed by atoms with Gasteiger partial charge in [-0.25, -0.2) is 0 Å². The summed E-state index contributed by atoms with van der Waals surface area (Å²) >= 11 is 0. The van der Waals surface area contributed by atoms with E-state index in [2.05, 4.69) is 32.9 Å². The van der Waals surface area contributed by atoms with E-state index < -0.39 is 6.10 Å². The number of allylic oxidation sites excluding steroid dienone is 2. The minimum Gasteiger partial charge on any atom is -0.462 e. The standard InChI is InChI=1S/C77H148O6/c1-4-7-10-13-16-19-22-25-27-29-31-33-35-37-38-40-41-43-45-47-49-52-55-58-61-64-67-70-76(79)82-73-74(72-81-75(78)69-66-63-60-57-54-51-24-21-18-15-12-9-6-3)83-77(80)71-68-65-62-59-56-53-50-48-46-44-42-39-36-34-32-30-28-26-23-20-17-14-11-8-5-2/h29,31,74H,4-28,30,32-73H2,1-3H3/b31-29-. The van der Waals surface area contributed by atoms with Crippen LogP contribution < -0.4 is 0 Å². The van der Waals surface area contributed by atoms with E-state index in [-0.39, 0.29) is 31.1 Å². The molecule has 0 aromatic rings. The van der Waals surface area contributed by atoms with Crippen molar-refractivity contribution in [2.45, 2.75) is 451 Å². The number of esters is 3. The predicted octanol–water partition coefficient (Wildman–Crippen LogP) is 26.3. The van der Waals surface area contributed by atoms with Crippen LogP contribution in [0.3, 0.4) is 0 Å². The van der Waals surface area contributed by atoms with Crippen LogP contribution in [0.5, 0.6) is 0 Å². The summed E-state index contributed by atoms with van der Waals surface area (Å²) in [5.74, 6) is -0.822. The monoisotopic (exact) mass is 1170 g/mol. The number of hydrogen-bond acceptors (Lipinski definition) is 6. The summed E-state index contributed by atoms with van der Waals surface area (Å²) < 4.78 is 17.0. The fourth-order valence-corrected chi connectivity index (χ4v) is 12.0. The van der Waals surface area contributed by atoms with Crippen LogP contribution in [0, 0.1) is 0 Å². The van der Waals surface area contributed by atoms with Crippen LogP contribution in [0.1, 0.15) is 445 Å². The molecule has 1 atom stereocenters. The van der Waals surface area contributed by atoms with Gasteiger partial charge in [-0.05, 0) is 44.9 Å². The molecule has 6 nitrogen and oxygen atoms in total. The van der Waals surface area contributed by atoms with Crippen LogP contribution in [0.15, 0.2) is 12.2 Å². The summed E-state index contributed by atoms with van der Waals surface area (Å²) in [7, 11) is 0. The highest BCUT2D eigenvalue weighted by atomic mass is 16.6. The van der Waals surface area contributed by atoms with Crippen LogP contribution in [-0.4, -0.2) is 37.2 Å². The van der Waals surface area contributed by atoms with Gasteiger partial charge in [-0.2, -0.15) is 0 Å². The van der Waals surface area contributed by atoms with E-state index in [0.29, 0.717) is 19.3 Å². The topological polar surface area (TPSA) is 78.9 Å². The Kier molecular flexibility index (Phi) is 71.0. The molecule has 0 rings (SSSR count). The third kappa shape index (κ3) is 70.8. The smallest absolute Gasteiger partial charge is 0.306 e. The van der Waals surface area contributed by atoms with Gasteiger partial charge in [0, 0.05) is 19.3 Å². The lowest BCUT2D eigenvalue weighted by molar-refractivity contribution is -0.167. The molecule has 0 saturated carbocycles. The summed E-state index contributed by atoms with van der Waals surface area (Å²) in [5, 5.41) is 0. The first kappa shape index (κ1) is 81.2. The molecule has 6 heteroatoms. The first-order chi connectivity index (χ1) is 41.0. The average Bonchev–Trinajstić information content (AvgIpc) is 3.49. The average molecular weight is 1170 g/mol. The number of hydrogen-bond donors (Lipinski definition) is 0. The summed E-state index contributed by atoms with van der Waals surface area (Å²) in [4.78, 5) is 38.5. The van der Waals surface area contributed by atoms with E-state index >= 15 is 0 Å². The van der Waals surface area contributed by atoms with Crippen LogP contribution in [0.4, 0.5) is 0 Å². The number of carbonyl (C=O) groups excluding carboxylic acids is 3. The molecule has 0 radical (unpaired) electrons. The van der Waals surface area contributed by atoms with Gasteiger partial charge in [0.2, 0.25) is 0 Å². The number of ether oxygens (including phenoxy) is 3. The highest BCUT2D eigenvalue weighted by Gasteiger charge is 2.20. The Balaban J connectivity index is 4.17. The Morgan fingerprint density at radius 2 is 0.398 bits per heavy atom. The number of unbranched alkanes of at least 4 members (excludes halogenated alkanes) is 59. The molecule has 0 spiro atoms. The minimum absolute atomic E-state index is 0.0620. The first-order valence-corrected chi connectivity index (χ1v) is 38.2. The molecule has 0 amide bonds. The van der Waals surface area contributed by atoms with E-state index in [4.69, 9.17) is 14.2 Å². The van der Waals surface area contributed by atoms with E-state index in [9.17, 15) is 14.4 Å². The Morgan fingerprint density at radius 3 is 0.602 bits per heavy atom. The second kappa shape index (κ2) is 72.6. The van der Waals surface area contributed by atoms with Gasteiger partial charge in [0.15, 0.2) is 6.10 Å². The molecule has 0 aliphatic carbocycles. The maximum absolute atomic E-state index is 13.0. The summed E-state index contributed by atoms with van der Waals surface area (Å²) in [6.45, 7) is 6.74. The molecule has 0 saturated heterocycles. The van der Waals surface area contributed by atoms with Crippen molar-refractivity contribution in [3.8, 4) is 0 Å². The molecule has 492 valence electrons. The van der Waals surface area contributed by atoms with Crippen molar-refractivity contribution in [1.29, 1.82) is 0 Å². The van der Waals surface area contributed by atoms with Crippen molar-refractivity contribution >= 4 is 17.9 Å². The maximum atomic E-state index is 13.0. The fourth-order valence-electron chi connectivity index (χ4n) is 12.0. The van der Waals surface area contributed by atoms with Gasteiger partial charge < -0.3 is 14.2 Å². The van der Waals surface area contributed by atoms with Crippen molar-refractivity contribution in [3.05, 3.63) is 12.2 Å². The van der Waals surface area contributed by atoms with Crippen molar-refractivity contribution < 1.29 is 28.6 Å². The molecule has 0 aliphatic heterocycles. The molecule has 0 aromatic carbocycles.